The lowest BCUT2D eigenvalue weighted by molar-refractivity contribution is -0.130. The van der Waals surface area contributed by atoms with Crippen molar-refractivity contribution in [3.63, 3.8) is 0 Å². The van der Waals surface area contributed by atoms with Crippen molar-refractivity contribution in [2.24, 2.45) is 0 Å². The Morgan fingerprint density at radius 1 is 0.742 bits per heavy atom. The van der Waals surface area contributed by atoms with E-state index in [0.29, 0.717) is 17.1 Å². The Kier molecular flexibility index (Phi) is 7.17. The van der Waals surface area contributed by atoms with Gasteiger partial charge in [0, 0.05) is 11.6 Å². The van der Waals surface area contributed by atoms with Crippen LogP contribution in [0.15, 0.2) is 97.6 Å². The second kappa shape index (κ2) is 10.2. The van der Waals surface area contributed by atoms with Crippen molar-refractivity contribution in [3.8, 4) is 22.6 Å². The molecule has 0 aromatic heterocycles. The number of carbonyl (C=O) groups is 2. The fourth-order valence-corrected chi connectivity index (χ4v) is 2.94. The Morgan fingerprint density at radius 2 is 1.16 bits per heavy atom. The van der Waals surface area contributed by atoms with Crippen LogP contribution in [0.5, 0.6) is 11.5 Å². The molecule has 0 N–H and O–H groups in total. The Morgan fingerprint density at radius 3 is 1.65 bits per heavy atom. The maximum Gasteiger partial charge on any atom is 0.338 e. The third-order valence-corrected chi connectivity index (χ3v) is 4.71. The number of rotatable bonds is 8. The summed E-state index contributed by atoms with van der Waals surface area (Å²) in [7, 11) is 0. The van der Waals surface area contributed by atoms with Gasteiger partial charge in [-0.25, -0.2) is 9.59 Å². The van der Waals surface area contributed by atoms with E-state index in [9.17, 15) is 9.59 Å². The summed E-state index contributed by atoms with van der Waals surface area (Å²) in [5.74, 6) is 0.122. The van der Waals surface area contributed by atoms with Gasteiger partial charge >= 0.3 is 11.9 Å². The maximum atomic E-state index is 11.6. The lowest BCUT2D eigenvalue weighted by Gasteiger charge is -2.08. The summed E-state index contributed by atoms with van der Waals surface area (Å²) in [6.07, 6.45) is 2.93. The molecule has 0 aliphatic heterocycles. The molecule has 31 heavy (non-hydrogen) atoms. The van der Waals surface area contributed by atoms with Gasteiger partial charge in [0.05, 0.1) is 0 Å². The van der Waals surface area contributed by atoms with Crippen LogP contribution in [0.3, 0.4) is 0 Å². The summed E-state index contributed by atoms with van der Waals surface area (Å²) in [4.78, 5) is 22.8. The third kappa shape index (κ3) is 6.28. The van der Waals surface area contributed by atoms with Crippen molar-refractivity contribution in [1.29, 1.82) is 0 Å². The highest BCUT2D eigenvalue weighted by Crippen LogP contribution is 2.24. The Hall–Kier alpha value is -3.92. The fourth-order valence-electron chi connectivity index (χ4n) is 2.94. The molecule has 0 bridgehead atoms. The molecule has 3 aromatic carbocycles. The molecule has 0 heterocycles. The first-order valence-corrected chi connectivity index (χ1v) is 9.95. The van der Waals surface area contributed by atoms with Crippen LogP contribution in [-0.4, -0.2) is 11.9 Å². The number of carbonyl (C=O) groups excluding carboxylic acids is 2. The van der Waals surface area contributed by atoms with Crippen molar-refractivity contribution in [2.75, 3.05) is 0 Å². The first kappa shape index (κ1) is 21.8. The van der Waals surface area contributed by atoms with Gasteiger partial charge in [0.2, 0.25) is 0 Å². The van der Waals surface area contributed by atoms with E-state index in [1.807, 2.05) is 24.3 Å². The average molecular weight is 412 g/mol. The van der Waals surface area contributed by atoms with E-state index < -0.39 is 11.9 Å². The highest BCUT2D eigenvalue weighted by molar-refractivity contribution is 5.88. The second-order valence-corrected chi connectivity index (χ2v) is 7.16. The zero-order valence-electron chi connectivity index (χ0n) is 17.5. The van der Waals surface area contributed by atoms with E-state index in [1.54, 1.807) is 31.2 Å². The van der Waals surface area contributed by atoms with Crippen LogP contribution in [0, 0.1) is 0 Å². The van der Waals surface area contributed by atoms with Gasteiger partial charge in [0.15, 0.2) is 0 Å². The lowest BCUT2D eigenvalue weighted by Crippen LogP contribution is -2.07. The van der Waals surface area contributed by atoms with Crippen LogP contribution in [0.4, 0.5) is 0 Å². The molecule has 4 nitrogen and oxygen atoms in total. The SMILES string of the molecule is C=CC(=O)Oc1ccc(CCc2ccc(-c3ccc(OC(=O)C(=C)C)cc3)cc2)cc1. The largest absolute Gasteiger partial charge is 0.423 e. The molecule has 4 heteroatoms. The number of hydrogen-bond donors (Lipinski definition) is 0. The van der Waals surface area contributed by atoms with Crippen LogP contribution < -0.4 is 9.47 Å². The summed E-state index contributed by atoms with van der Waals surface area (Å²) < 4.78 is 10.3. The molecule has 156 valence electrons. The van der Waals surface area contributed by atoms with Crippen LogP contribution in [0.2, 0.25) is 0 Å². The molecule has 0 atom stereocenters. The van der Waals surface area contributed by atoms with E-state index in [-0.39, 0.29) is 0 Å². The minimum Gasteiger partial charge on any atom is -0.423 e. The predicted octanol–water partition coefficient (Wildman–Crippen LogP) is 5.71. The molecule has 0 spiro atoms. The monoisotopic (exact) mass is 412 g/mol. The maximum absolute atomic E-state index is 11.6. The summed E-state index contributed by atoms with van der Waals surface area (Å²) in [6, 6.07) is 23.3. The van der Waals surface area contributed by atoms with E-state index in [4.69, 9.17) is 9.47 Å². The fraction of sp³-hybridized carbons (Fsp3) is 0.111. The summed E-state index contributed by atoms with van der Waals surface area (Å²) >= 11 is 0. The highest BCUT2D eigenvalue weighted by atomic mass is 16.5. The molecule has 0 unspecified atom stereocenters. The average Bonchev–Trinajstić information content (AvgIpc) is 2.79. The van der Waals surface area contributed by atoms with Gasteiger partial charge in [-0.05, 0) is 66.3 Å². The summed E-state index contributed by atoms with van der Waals surface area (Å²) in [6.45, 7) is 8.59. The molecular formula is C27H24O4. The number of esters is 2. The predicted molar refractivity (Wildman–Crippen MR) is 122 cm³/mol. The van der Waals surface area contributed by atoms with E-state index in [1.165, 1.54) is 11.1 Å². The Labute approximate surface area is 182 Å². The first-order valence-electron chi connectivity index (χ1n) is 9.95. The minimum atomic E-state index is -0.463. The second-order valence-electron chi connectivity index (χ2n) is 7.16. The van der Waals surface area contributed by atoms with Crippen molar-refractivity contribution in [2.45, 2.75) is 19.8 Å². The van der Waals surface area contributed by atoms with Crippen molar-refractivity contribution >= 4 is 11.9 Å². The van der Waals surface area contributed by atoms with Gasteiger partial charge in [-0.15, -0.1) is 0 Å². The van der Waals surface area contributed by atoms with Crippen molar-refractivity contribution in [1.82, 2.24) is 0 Å². The minimum absolute atomic E-state index is 0.367. The molecule has 3 aromatic rings. The molecule has 0 radical (unpaired) electrons. The smallest absolute Gasteiger partial charge is 0.338 e. The zero-order chi connectivity index (χ0) is 22.2. The van der Waals surface area contributed by atoms with Crippen LogP contribution in [-0.2, 0) is 22.4 Å². The van der Waals surface area contributed by atoms with E-state index >= 15 is 0 Å². The van der Waals surface area contributed by atoms with Crippen molar-refractivity contribution < 1.29 is 19.1 Å². The Bertz CT molecular complexity index is 1080. The molecule has 0 fully saturated rings. The molecule has 0 saturated carbocycles. The lowest BCUT2D eigenvalue weighted by atomic mass is 10.0. The number of aryl methyl sites for hydroxylation is 2. The van der Waals surface area contributed by atoms with Gasteiger partial charge in [0.25, 0.3) is 0 Å². The topological polar surface area (TPSA) is 52.6 Å². The van der Waals surface area contributed by atoms with Crippen LogP contribution in [0.25, 0.3) is 11.1 Å². The van der Waals surface area contributed by atoms with E-state index in [2.05, 4.69) is 37.4 Å². The standard InChI is InChI=1S/C27H24O4/c1-4-26(28)30-24-15-9-21(10-16-24)6-5-20-7-11-22(12-8-20)23-13-17-25(18-14-23)31-27(29)19(2)3/h4,7-18H,1-2,5-6H2,3H3. The molecular weight excluding hydrogens is 388 g/mol. The number of ether oxygens (including phenoxy) is 2. The molecule has 0 amide bonds. The van der Waals surface area contributed by atoms with Gasteiger partial charge in [-0.3, -0.25) is 0 Å². The number of benzene rings is 3. The van der Waals surface area contributed by atoms with Gasteiger partial charge in [0.1, 0.15) is 11.5 Å². The van der Waals surface area contributed by atoms with Crippen molar-refractivity contribution in [3.05, 3.63) is 109 Å². The molecule has 0 aliphatic rings. The van der Waals surface area contributed by atoms with E-state index in [0.717, 1.165) is 30.0 Å². The normalized spacial score (nSPS) is 10.2. The number of hydrogen-bond acceptors (Lipinski definition) is 4. The molecule has 0 saturated heterocycles. The summed E-state index contributed by atoms with van der Waals surface area (Å²) in [5.41, 5.74) is 4.91. The van der Waals surface area contributed by atoms with Gasteiger partial charge in [-0.1, -0.05) is 61.7 Å². The van der Waals surface area contributed by atoms with Crippen LogP contribution in [0.1, 0.15) is 18.1 Å². The van der Waals surface area contributed by atoms with Crippen LogP contribution >= 0.6 is 0 Å². The van der Waals surface area contributed by atoms with Gasteiger partial charge in [-0.2, -0.15) is 0 Å². The molecule has 0 aliphatic carbocycles. The first-order chi connectivity index (χ1) is 14.9. The van der Waals surface area contributed by atoms with Gasteiger partial charge < -0.3 is 9.47 Å². The quantitative estimate of drug-likeness (QED) is 0.270. The molecule has 3 rings (SSSR count). The Balaban J connectivity index is 1.56. The highest BCUT2D eigenvalue weighted by Gasteiger charge is 2.06. The third-order valence-electron chi connectivity index (χ3n) is 4.71. The summed E-state index contributed by atoms with van der Waals surface area (Å²) in [5, 5.41) is 0. The zero-order valence-corrected chi connectivity index (χ0v) is 17.5.